The van der Waals surface area contributed by atoms with Crippen LogP contribution in [0.25, 0.3) is 0 Å². The molecule has 2 aromatic rings. The zero-order chi connectivity index (χ0) is 28.7. The number of anilines is 2. The van der Waals surface area contributed by atoms with E-state index in [1.807, 2.05) is 0 Å². The number of halogens is 6. The van der Waals surface area contributed by atoms with Crippen molar-refractivity contribution in [2.24, 2.45) is 0 Å². The van der Waals surface area contributed by atoms with Gasteiger partial charge in [-0.05, 0) is 73.7 Å². The van der Waals surface area contributed by atoms with Gasteiger partial charge in [-0.15, -0.1) is 0 Å². The minimum Gasteiger partial charge on any atom is -0.453 e. The first-order valence-electron chi connectivity index (χ1n) is 12.2. The maximum absolute atomic E-state index is 13.5. The number of ether oxygens (including phenoxy) is 2. The van der Waals surface area contributed by atoms with Crippen molar-refractivity contribution in [1.29, 1.82) is 0 Å². The highest BCUT2D eigenvalue weighted by Gasteiger charge is 2.41. The van der Waals surface area contributed by atoms with Crippen LogP contribution in [0.1, 0.15) is 54.1 Å². The molecule has 0 spiro atoms. The second kappa shape index (κ2) is 10.5. The molecule has 0 unspecified atom stereocenters. The van der Waals surface area contributed by atoms with Crippen molar-refractivity contribution in [1.82, 2.24) is 4.90 Å². The number of carbonyl (C=O) groups excluding carboxylic acids is 2. The monoisotopic (exact) mass is 559 g/mol. The van der Waals surface area contributed by atoms with Gasteiger partial charge in [0, 0.05) is 24.8 Å². The molecule has 1 N–H and O–H groups in total. The number of benzene rings is 2. The van der Waals surface area contributed by atoms with E-state index in [2.05, 4.69) is 5.32 Å². The van der Waals surface area contributed by atoms with Crippen LogP contribution >= 0.6 is 0 Å². The Morgan fingerprint density at radius 2 is 1.69 bits per heavy atom. The predicted molar refractivity (Wildman–Crippen MR) is 129 cm³/mol. The molecular formula is C26H27F6N3O4. The van der Waals surface area contributed by atoms with Crippen molar-refractivity contribution in [2.45, 2.75) is 57.7 Å². The first-order valence-corrected chi connectivity index (χ1v) is 12.2. The third-order valence-corrected chi connectivity index (χ3v) is 6.84. The Hall–Kier alpha value is -3.64. The molecule has 2 aliphatic heterocycles. The number of amides is 2. The van der Waals surface area contributed by atoms with E-state index in [1.54, 1.807) is 26.0 Å². The number of carbonyl (C=O) groups is 2. The first kappa shape index (κ1) is 28.4. The van der Waals surface area contributed by atoms with Crippen LogP contribution in [0.3, 0.4) is 0 Å². The van der Waals surface area contributed by atoms with Gasteiger partial charge in [-0.25, -0.2) is 9.59 Å². The molecule has 13 heteroatoms. The maximum atomic E-state index is 13.5. The molecule has 4 rings (SSSR count). The SMILES string of the molecule is CCOC(=O)N1c2cc3c(cc2[C@H](N(Cc2cc(C(F)(F)F)cc(C(F)(F)F)c2)C(=O)OC)C[C@@H]1C)CCN3. The third-order valence-electron chi connectivity index (χ3n) is 6.84. The number of hydrogen-bond acceptors (Lipinski definition) is 5. The van der Waals surface area contributed by atoms with E-state index in [-0.39, 0.29) is 24.7 Å². The minimum atomic E-state index is -5.04. The Balaban J connectivity index is 1.83. The number of hydrogen-bond donors (Lipinski definition) is 1. The molecule has 39 heavy (non-hydrogen) atoms. The molecule has 0 radical (unpaired) electrons. The van der Waals surface area contributed by atoms with Crippen molar-refractivity contribution in [3.8, 4) is 0 Å². The van der Waals surface area contributed by atoms with Crippen LogP contribution in [-0.4, -0.2) is 43.4 Å². The van der Waals surface area contributed by atoms with Crippen LogP contribution in [0.4, 0.5) is 47.3 Å². The lowest BCUT2D eigenvalue weighted by Crippen LogP contribution is -2.47. The molecule has 7 nitrogen and oxygen atoms in total. The van der Waals surface area contributed by atoms with Gasteiger partial charge < -0.3 is 14.8 Å². The molecule has 0 aliphatic carbocycles. The van der Waals surface area contributed by atoms with Crippen molar-refractivity contribution < 1.29 is 45.4 Å². The fourth-order valence-electron chi connectivity index (χ4n) is 5.12. The summed E-state index contributed by atoms with van der Waals surface area (Å²) in [5.41, 5.74) is -0.698. The van der Waals surface area contributed by atoms with E-state index in [0.29, 0.717) is 36.3 Å². The first-order chi connectivity index (χ1) is 18.2. The Bertz CT molecular complexity index is 1230. The fourth-order valence-corrected chi connectivity index (χ4v) is 5.12. The Kier molecular flexibility index (Phi) is 7.63. The van der Waals surface area contributed by atoms with E-state index >= 15 is 0 Å². The number of nitrogens with one attached hydrogen (secondary N) is 1. The molecule has 2 atom stereocenters. The Morgan fingerprint density at radius 3 is 2.26 bits per heavy atom. The van der Waals surface area contributed by atoms with Gasteiger partial charge in [0.15, 0.2) is 0 Å². The summed E-state index contributed by atoms with van der Waals surface area (Å²) in [6, 6.07) is 3.43. The average Bonchev–Trinajstić information content (AvgIpc) is 3.31. The summed E-state index contributed by atoms with van der Waals surface area (Å²) < 4.78 is 91.0. The zero-order valence-corrected chi connectivity index (χ0v) is 21.4. The van der Waals surface area contributed by atoms with Gasteiger partial charge in [-0.2, -0.15) is 26.3 Å². The largest absolute Gasteiger partial charge is 0.453 e. The van der Waals surface area contributed by atoms with Crippen LogP contribution in [0.5, 0.6) is 0 Å². The molecule has 0 saturated carbocycles. The van der Waals surface area contributed by atoms with Gasteiger partial charge in [0.2, 0.25) is 0 Å². The van der Waals surface area contributed by atoms with Crippen LogP contribution in [0.15, 0.2) is 30.3 Å². The third kappa shape index (κ3) is 5.71. The highest BCUT2D eigenvalue weighted by molar-refractivity contribution is 5.92. The summed E-state index contributed by atoms with van der Waals surface area (Å²) in [6.07, 6.45) is -10.8. The summed E-state index contributed by atoms with van der Waals surface area (Å²) in [4.78, 5) is 28.4. The number of alkyl halides is 6. The van der Waals surface area contributed by atoms with E-state index in [0.717, 1.165) is 23.3 Å². The second-order valence-corrected chi connectivity index (χ2v) is 9.43. The van der Waals surface area contributed by atoms with Gasteiger partial charge in [0.1, 0.15) is 0 Å². The molecular weight excluding hydrogens is 532 g/mol. The lowest BCUT2D eigenvalue weighted by Gasteiger charge is -2.42. The van der Waals surface area contributed by atoms with Crippen molar-refractivity contribution in [3.05, 3.63) is 58.1 Å². The van der Waals surface area contributed by atoms with Gasteiger partial charge in [-0.1, -0.05) is 0 Å². The Morgan fingerprint density at radius 1 is 1.05 bits per heavy atom. The molecule has 2 aliphatic rings. The molecule has 2 heterocycles. The number of rotatable bonds is 4. The quantitative estimate of drug-likeness (QED) is 0.420. The molecule has 0 bridgehead atoms. The molecule has 0 saturated heterocycles. The van der Waals surface area contributed by atoms with Gasteiger partial charge >= 0.3 is 24.5 Å². The number of fused-ring (bicyclic) bond motifs is 2. The molecule has 212 valence electrons. The van der Waals surface area contributed by atoms with Gasteiger partial charge in [0.25, 0.3) is 0 Å². The highest BCUT2D eigenvalue weighted by Crippen LogP contribution is 2.45. The van der Waals surface area contributed by atoms with Gasteiger partial charge in [-0.3, -0.25) is 9.80 Å². The van der Waals surface area contributed by atoms with Gasteiger partial charge in [0.05, 0.1) is 36.6 Å². The normalized spacial score (nSPS) is 18.6. The smallest absolute Gasteiger partial charge is 0.416 e. The van der Waals surface area contributed by atoms with Crippen molar-refractivity contribution >= 4 is 23.6 Å². The molecule has 2 aromatic carbocycles. The lowest BCUT2D eigenvalue weighted by molar-refractivity contribution is -0.143. The van der Waals surface area contributed by atoms with Crippen LogP contribution in [0.2, 0.25) is 0 Å². The summed E-state index contributed by atoms with van der Waals surface area (Å²) in [5, 5.41) is 3.22. The fraction of sp³-hybridized carbons (Fsp3) is 0.462. The highest BCUT2D eigenvalue weighted by atomic mass is 19.4. The predicted octanol–water partition coefficient (Wildman–Crippen LogP) is 6.76. The summed E-state index contributed by atoms with van der Waals surface area (Å²) >= 11 is 0. The molecule has 0 fully saturated rings. The summed E-state index contributed by atoms with van der Waals surface area (Å²) in [6.45, 7) is 3.54. The zero-order valence-electron chi connectivity index (χ0n) is 21.4. The second-order valence-electron chi connectivity index (χ2n) is 9.43. The van der Waals surface area contributed by atoms with Crippen LogP contribution in [0, 0.1) is 0 Å². The minimum absolute atomic E-state index is 0.0392. The van der Waals surface area contributed by atoms with E-state index in [9.17, 15) is 35.9 Å². The van der Waals surface area contributed by atoms with Crippen LogP contribution in [-0.2, 0) is 34.8 Å². The average molecular weight is 560 g/mol. The maximum Gasteiger partial charge on any atom is 0.416 e. The lowest BCUT2D eigenvalue weighted by atomic mass is 9.88. The Labute approximate surface area is 220 Å². The standard InChI is InChI=1S/C26H27F6N3O4/c1-4-39-24(37)35-14(2)7-21(19-10-16-5-6-33-20(16)12-22(19)35)34(23(36)38-3)13-15-8-17(25(27,28)29)11-18(9-15)26(30,31)32/h8-12,14,21,33H,4-7,13H2,1-3H3/t14-,21+/m0/s1. The number of nitrogens with zero attached hydrogens (tertiary/aromatic N) is 2. The summed E-state index contributed by atoms with van der Waals surface area (Å²) in [7, 11) is 1.08. The topological polar surface area (TPSA) is 71.1 Å². The van der Waals surface area contributed by atoms with E-state index in [1.165, 1.54) is 4.90 Å². The van der Waals surface area contributed by atoms with Crippen molar-refractivity contribution in [3.63, 3.8) is 0 Å². The summed E-state index contributed by atoms with van der Waals surface area (Å²) in [5.74, 6) is 0. The number of methoxy groups -OCH3 is 1. The molecule has 0 aromatic heterocycles. The van der Waals surface area contributed by atoms with Crippen LogP contribution < -0.4 is 10.2 Å². The van der Waals surface area contributed by atoms with E-state index < -0.39 is 54.3 Å². The van der Waals surface area contributed by atoms with E-state index in [4.69, 9.17) is 9.47 Å². The molecule has 2 amide bonds. The van der Waals surface area contributed by atoms with Crippen molar-refractivity contribution in [2.75, 3.05) is 30.5 Å².